The van der Waals surface area contributed by atoms with E-state index in [4.69, 9.17) is 0 Å². The van der Waals surface area contributed by atoms with Crippen molar-refractivity contribution in [1.29, 1.82) is 0 Å². The highest BCUT2D eigenvalue weighted by Crippen LogP contribution is 2.19. The fourth-order valence-corrected chi connectivity index (χ4v) is 3.46. The van der Waals surface area contributed by atoms with Crippen molar-refractivity contribution >= 4 is 5.91 Å². The van der Waals surface area contributed by atoms with Crippen LogP contribution in [0.5, 0.6) is 0 Å². The maximum absolute atomic E-state index is 12.4. The van der Waals surface area contributed by atoms with Gasteiger partial charge in [0.25, 0.3) is 0 Å². The van der Waals surface area contributed by atoms with E-state index in [-0.39, 0.29) is 11.9 Å². The van der Waals surface area contributed by atoms with E-state index >= 15 is 0 Å². The van der Waals surface area contributed by atoms with Gasteiger partial charge in [0.05, 0.1) is 6.42 Å². The van der Waals surface area contributed by atoms with Crippen molar-refractivity contribution in [2.24, 2.45) is 0 Å². The van der Waals surface area contributed by atoms with Crippen LogP contribution in [0.3, 0.4) is 0 Å². The van der Waals surface area contributed by atoms with Gasteiger partial charge >= 0.3 is 0 Å². The van der Waals surface area contributed by atoms with Crippen LogP contribution in [-0.4, -0.2) is 26.7 Å². The molecule has 0 saturated heterocycles. The van der Waals surface area contributed by atoms with Gasteiger partial charge in [0.2, 0.25) is 5.91 Å². The lowest BCUT2D eigenvalue weighted by atomic mass is 10.0. The first-order valence-corrected chi connectivity index (χ1v) is 9.08. The summed E-state index contributed by atoms with van der Waals surface area (Å²) in [6, 6.07) is 18.7. The molecule has 0 radical (unpaired) electrons. The molecule has 0 fully saturated rings. The molecule has 4 rings (SSSR count). The van der Waals surface area contributed by atoms with Crippen molar-refractivity contribution in [3.05, 3.63) is 72.3 Å². The zero-order chi connectivity index (χ0) is 17.8. The summed E-state index contributed by atoms with van der Waals surface area (Å²) in [5.41, 5.74) is 3.39. The third-order valence-corrected chi connectivity index (χ3v) is 4.92. The minimum Gasteiger partial charge on any atom is -0.353 e. The monoisotopic (exact) mass is 346 g/mol. The Morgan fingerprint density at radius 2 is 1.81 bits per heavy atom. The predicted molar refractivity (Wildman–Crippen MR) is 100 cm³/mol. The zero-order valence-corrected chi connectivity index (χ0v) is 14.6. The number of aryl methyl sites for hydroxylation is 2. The number of amides is 1. The quantitative estimate of drug-likeness (QED) is 0.790. The number of rotatable bonds is 4. The van der Waals surface area contributed by atoms with Crippen LogP contribution in [0.2, 0.25) is 0 Å². The molecule has 0 saturated carbocycles. The Bertz CT molecular complexity index is 848. The lowest BCUT2D eigenvalue weighted by Crippen LogP contribution is -2.36. The van der Waals surface area contributed by atoms with Gasteiger partial charge in [0, 0.05) is 19.0 Å². The normalized spacial score (nSPS) is 16.5. The van der Waals surface area contributed by atoms with Gasteiger partial charge in [-0.3, -0.25) is 4.79 Å². The minimum absolute atomic E-state index is 0.0835. The molecule has 132 valence electrons. The topological polar surface area (TPSA) is 59.8 Å². The minimum atomic E-state index is 0.0835. The zero-order valence-electron chi connectivity index (χ0n) is 14.6. The van der Waals surface area contributed by atoms with E-state index < -0.39 is 0 Å². The number of aromatic nitrogens is 3. The van der Waals surface area contributed by atoms with E-state index in [0.29, 0.717) is 6.42 Å². The summed E-state index contributed by atoms with van der Waals surface area (Å²) >= 11 is 0. The van der Waals surface area contributed by atoms with Crippen LogP contribution in [-0.2, 0) is 24.2 Å². The summed E-state index contributed by atoms with van der Waals surface area (Å²) in [5.74, 6) is 1.10. The van der Waals surface area contributed by atoms with Crippen LogP contribution in [0, 0.1) is 0 Å². The van der Waals surface area contributed by atoms with Crippen molar-refractivity contribution in [3.8, 4) is 11.1 Å². The summed E-state index contributed by atoms with van der Waals surface area (Å²) in [7, 11) is 0. The Labute approximate surface area is 153 Å². The first-order chi connectivity index (χ1) is 12.8. The Hall–Kier alpha value is -2.95. The summed E-state index contributed by atoms with van der Waals surface area (Å²) in [6.45, 7) is 0.860. The van der Waals surface area contributed by atoms with E-state index in [0.717, 1.165) is 37.2 Å². The van der Waals surface area contributed by atoms with Gasteiger partial charge in [-0.05, 0) is 29.5 Å². The number of benzene rings is 2. The number of hydrogen-bond acceptors (Lipinski definition) is 3. The van der Waals surface area contributed by atoms with Crippen LogP contribution in [0.25, 0.3) is 11.1 Å². The van der Waals surface area contributed by atoms with Crippen LogP contribution < -0.4 is 5.32 Å². The van der Waals surface area contributed by atoms with Crippen molar-refractivity contribution in [2.45, 2.75) is 38.3 Å². The molecule has 5 nitrogen and oxygen atoms in total. The molecule has 0 spiro atoms. The highest BCUT2D eigenvalue weighted by Gasteiger charge is 2.18. The predicted octanol–water partition coefficient (Wildman–Crippen LogP) is 3.01. The van der Waals surface area contributed by atoms with E-state index in [1.807, 2.05) is 30.3 Å². The number of carbonyl (C=O) groups is 1. The smallest absolute Gasteiger partial charge is 0.224 e. The third kappa shape index (κ3) is 3.82. The molecule has 2 aromatic carbocycles. The molecule has 1 N–H and O–H groups in total. The van der Waals surface area contributed by atoms with Gasteiger partial charge in [-0.1, -0.05) is 54.6 Å². The Morgan fingerprint density at radius 1 is 1.04 bits per heavy atom. The lowest BCUT2D eigenvalue weighted by molar-refractivity contribution is -0.121. The molecule has 0 bridgehead atoms. The number of nitrogens with zero attached hydrogens (tertiary/aromatic N) is 3. The van der Waals surface area contributed by atoms with E-state index in [1.165, 1.54) is 11.1 Å². The summed E-state index contributed by atoms with van der Waals surface area (Å²) in [4.78, 5) is 12.4. The molecular formula is C21H22N4O. The lowest BCUT2D eigenvalue weighted by Gasteiger charge is -2.16. The molecule has 1 unspecified atom stereocenters. The average Bonchev–Trinajstić information content (AvgIpc) is 3.04. The standard InChI is InChI=1S/C21H22N4O/c26-21(23-19-10-11-20-24-22-15-25(20)13-12-19)14-16-6-8-18(9-7-16)17-4-2-1-3-5-17/h1-9,15,19H,10-14H2,(H,23,26). The fraction of sp³-hybridized carbons (Fsp3) is 0.286. The van der Waals surface area contributed by atoms with E-state index in [1.54, 1.807) is 6.33 Å². The van der Waals surface area contributed by atoms with Crippen LogP contribution in [0.4, 0.5) is 0 Å². The largest absolute Gasteiger partial charge is 0.353 e. The summed E-state index contributed by atoms with van der Waals surface area (Å²) in [5, 5.41) is 11.3. The molecule has 1 aliphatic heterocycles. The number of carbonyl (C=O) groups excluding carboxylic acids is 1. The molecule has 0 aliphatic carbocycles. The molecular weight excluding hydrogens is 324 g/mol. The van der Waals surface area contributed by atoms with Crippen LogP contribution >= 0.6 is 0 Å². The Kier molecular flexibility index (Phi) is 4.78. The van der Waals surface area contributed by atoms with Gasteiger partial charge in [-0.15, -0.1) is 10.2 Å². The number of nitrogens with one attached hydrogen (secondary N) is 1. The molecule has 1 aromatic heterocycles. The molecule has 3 aromatic rings. The third-order valence-electron chi connectivity index (χ3n) is 4.92. The van der Waals surface area contributed by atoms with Crippen molar-refractivity contribution in [1.82, 2.24) is 20.1 Å². The first kappa shape index (κ1) is 16.5. The maximum atomic E-state index is 12.4. The second-order valence-electron chi connectivity index (χ2n) is 6.77. The van der Waals surface area contributed by atoms with Crippen LogP contribution in [0.1, 0.15) is 24.2 Å². The number of hydrogen-bond donors (Lipinski definition) is 1. The number of fused-ring (bicyclic) bond motifs is 1. The van der Waals surface area contributed by atoms with Gasteiger partial charge < -0.3 is 9.88 Å². The van der Waals surface area contributed by atoms with Crippen molar-refractivity contribution in [3.63, 3.8) is 0 Å². The van der Waals surface area contributed by atoms with Crippen molar-refractivity contribution < 1.29 is 4.79 Å². The summed E-state index contributed by atoms with van der Waals surface area (Å²) < 4.78 is 2.08. The molecule has 1 amide bonds. The molecule has 2 heterocycles. The molecule has 26 heavy (non-hydrogen) atoms. The molecule has 1 aliphatic rings. The molecule has 1 atom stereocenters. The van der Waals surface area contributed by atoms with E-state index in [2.05, 4.69) is 44.3 Å². The van der Waals surface area contributed by atoms with Crippen molar-refractivity contribution in [2.75, 3.05) is 0 Å². The highest BCUT2D eigenvalue weighted by atomic mass is 16.1. The second kappa shape index (κ2) is 7.52. The summed E-state index contributed by atoms with van der Waals surface area (Å²) in [6.07, 6.45) is 4.88. The molecule has 5 heteroatoms. The Balaban J connectivity index is 1.33. The maximum Gasteiger partial charge on any atom is 0.224 e. The Morgan fingerprint density at radius 3 is 2.62 bits per heavy atom. The highest BCUT2D eigenvalue weighted by molar-refractivity contribution is 5.79. The van der Waals surface area contributed by atoms with Crippen LogP contribution in [0.15, 0.2) is 60.9 Å². The van der Waals surface area contributed by atoms with E-state index in [9.17, 15) is 4.79 Å². The SMILES string of the molecule is O=C(Cc1ccc(-c2ccccc2)cc1)NC1CCc2nncn2CC1. The van der Waals surface area contributed by atoms with Gasteiger partial charge in [0.1, 0.15) is 12.2 Å². The fourth-order valence-electron chi connectivity index (χ4n) is 3.46. The second-order valence-corrected chi connectivity index (χ2v) is 6.77. The van der Waals surface area contributed by atoms with Gasteiger partial charge in [-0.2, -0.15) is 0 Å². The average molecular weight is 346 g/mol. The first-order valence-electron chi connectivity index (χ1n) is 9.08. The van der Waals surface area contributed by atoms with Gasteiger partial charge in [0.15, 0.2) is 0 Å². The van der Waals surface area contributed by atoms with Gasteiger partial charge in [-0.25, -0.2) is 0 Å².